The highest BCUT2D eigenvalue weighted by Gasteiger charge is 2.19. The maximum Gasteiger partial charge on any atom is 0.226 e. The molecule has 0 saturated carbocycles. The number of piperazine rings is 1. The zero-order chi connectivity index (χ0) is 25.8. The number of aromatic nitrogens is 4. The Morgan fingerprint density at radius 1 is 1.08 bits per heavy atom. The molecule has 1 aliphatic rings. The Hall–Kier alpha value is -4.87. The molecule has 188 valence electrons. The number of fused-ring (bicyclic) bond motifs is 1. The zero-order valence-corrected chi connectivity index (χ0v) is 20.5. The Morgan fingerprint density at radius 3 is 2.65 bits per heavy atom. The van der Waals surface area contributed by atoms with Crippen LogP contribution < -0.4 is 20.3 Å². The number of carbonyl (C=O) groups is 1. The van der Waals surface area contributed by atoms with Crippen LogP contribution in [0, 0.1) is 12.5 Å². The summed E-state index contributed by atoms with van der Waals surface area (Å²) in [6, 6.07) is 11.1. The van der Waals surface area contributed by atoms with Crippen LogP contribution in [0.4, 0.5) is 28.8 Å². The van der Waals surface area contributed by atoms with Gasteiger partial charge in [-0.1, -0.05) is 0 Å². The molecule has 0 unspecified atom stereocenters. The van der Waals surface area contributed by atoms with Crippen molar-refractivity contribution in [3.05, 3.63) is 54.5 Å². The average Bonchev–Trinajstić information content (AvgIpc) is 2.94. The van der Waals surface area contributed by atoms with Crippen molar-refractivity contribution >= 4 is 46.3 Å². The highest BCUT2D eigenvalue weighted by atomic mass is 16.5. The number of nitrogens with one attached hydrogen (secondary N) is 3. The predicted octanol–water partition coefficient (Wildman–Crippen LogP) is 4.25. The fraction of sp³-hybridized carbons (Fsp3) is 0.240. The number of amides is 1. The minimum Gasteiger partial charge on any atom is -0.457 e. The van der Waals surface area contributed by atoms with E-state index in [9.17, 15) is 4.79 Å². The zero-order valence-electron chi connectivity index (χ0n) is 20.5. The SMILES string of the molecule is CNc1ccc(Oc2ccc(Nc3ncnc4cnc(N5CCN(C=O)CC5)nc34)cc2C)cc1N=N. The summed E-state index contributed by atoms with van der Waals surface area (Å²) < 4.78 is 6.05. The summed E-state index contributed by atoms with van der Waals surface area (Å²) >= 11 is 0. The van der Waals surface area contributed by atoms with Crippen LogP contribution in [0.25, 0.3) is 11.0 Å². The predicted molar refractivity (Wildman–Crippen MR) is 140 cm³/mol. The molecule has 1 amide bonds. The fourth-order valence-electron chi connectivity index (χ4n) is 4.10. The Labute approximate surface area is 213 Å². The molecule has 1 aliphatic heterocycles. The summed E-state index contributed by atoms with van der Waals surface area (Å²) in [5, 5.41) is 9.90. The van der Waals surface area contributed by atoms with Crippen LogP contribution in [0.15, 0.2) is 54.0 Å². The standard InChI is InChI=1S/C25H26N10O2/c1-16-11-17(3-6-22(16)37-18-4-5-19(27-2)20(12-18)33-26)31-24-23-21(29-14-30-24)13-28-25(32-23)35-9-7-34(15-36)8-10-35/h3-6,11-15,26-27H,7-10H2,1-2H3,(H,29,30,31). The quantitative estimate of drug-likeness (QED) is 0.240. The highest BCUT2D eigenvalue weighted by Crippen LogP contribution is 2.34. The number of ether oxygens (including phenoxy) is 1. The number of benzene rings is 2. The number of hydrogen-bond donors (Lipinski definition) is 3. The van der Waals surface area contributed by atoms with Gasteiger partial charge in [0.25, 0.3) is 0 Å². The van der Waals surface area contributed by atoms with Crippen molar-refractivity contribution in [2.75, 3.05) is 48.8 Å². The lowest BCUT2D eigenvalue weighted by Gasteiger charge is -2.32. The Kier molecular flexibility index (Phi) is 6.70. The lowest BCUT2D eigenvalue weighted by atomic mass is 10.2. The van der Waals surface area contributed by atoms with E-state index in [0.29, 0.717) is 66.2 Å². The van der Waals surface area contributed by atoms with E-state index >= 15 is 0 Å². The Morgan fingerprint density at radius 2 is 1.92 bits per heavy atom. The first-order chi connectivity index (χ1) is 18.1. The first-order valence-corrected chi connectivity index (χ1v) is 11.7. The Bertz CT molecular complexity index is 1450. The Balaban J connectivity index is 1.36. The lowest BCUT2D eigenvalue weighted by Crippen LogP contribution is -2.46. The normalized spacial score (nSPS) is 13.4. The van der Waals surface area contributed by atoms with Crippen LogP contribution >= 0.6 is 0 Å². The molecule has 4 aromatic rings. The minimum atomic E-state index is 0.499. The van der Waals surface area contributed by atoms with Crippen molar-refractivity contribution in [3.63, 3.8) is 0 Å². The van der Waals surface area contributed by atoms with E-state index in [1.165, 1.54) is 6.33 Å². The summed E-state index contributed by atoms with van der Waals surface area (Å²) in [5.41, 5.74) is 11.6. The van der Waals surface area contributed by atoms with Gasteiger partial charge in [0.15, 0.2) is 5.82 Å². The minimum absolute atomic E-state index is 0.499. The topological polar surface area (TPSA) is 145 Å². The van der Waals surface area contributed by atoms with Gasteiger partial charge in [0, 0.05) is 45.0 Å². The molecule has 0 bridgehead atoms. The van der Waals surface area contributed by atoms with E-state index in [0.717, 1.165) is 23.3 Å². The third-order valence-electron chi connectivity index (χ3n) is 6.14. The number of aryl methyl sites for hydroxylation is 1. The molecule has 5 rings (SSSR count). The van der Waals surface area contributed by atoms with E-state index in [4.69, 9.17) is 15.3 Å². The number of carbonyl (C=O) groups excluding carboxylic acids is 1. The van der Waals surface area contributed by atoms with Crippen molar-refractivity contribution < 1.29 is 9.53 Å². The molecule has 2 aromatic heterocycles. The summed E-state index contributed by atoms with van der Waals surface area (Å²) in [6.45, 7) is 4.55. The molecule has 37 heavy (non-hydrogen) atoms. The van der Waals surface area contributed by atoms with Gasteiger partial charge in [-0.2, -0.15) is 5.11 Å². The van der Waals surface area contributed by atoms with Crippen molar-refractivity contribution in [2.45, 2.75) is 6.92 Å². The van der Waals surface area contributed by atoms with Crippen molar-refractivity contribution in [3.8, 4) is 11.5 Å². The van der Waals surface area contributed by atoms with E-state index < -0.39 is 0 Å². The summed E-state index contributed by atoms with van der Waals surface area (Å²) in [7, 11) is 1.78. The van der Waals surface area contributed by atoms with Crippen molar-refractivity contribution in [2.24, 2.45) is 5.11 Å². The van der Waals surface area contributed by atoms with Crippen LogP contribution in [0.5, 0.6) is 11.5 Å². The second kappa shape index (κ2) is 10.4. The van der Waals surface area contributed by atoms with Gasteiger partial charge in [0.2, 0.25) is 12.4 Å². The van der Waals surface area contributed by atoms with Gasteiger partial charge in [-0.25, -0.2) is 25.5 Å². The van der Waals surface area contributed by atoms with Crippen LogP contribution in [-0.4, -0.2) is 64.5 Å². The second-order valence-electron chi connectivity index (χ2n) is 8.50. The number of nitrogens with zero attached hydrogens (tertiary/aromatic N) is 7. The summed E-state index contributed by atoms with van der Waals surface area (Å²) in [4.78, 5) is 32.7. The monoisotopic (exact) mass is 498 g/mol. The lowest BCUT2D eigenvalue weighted by molar-refractivity contribution is -0.118. The molecule has 0 aliphatic carbocycles. The first-order valence-electron chi connectivity index (χ1n) is 11.7. The van der Waals surface area contributed by atoms with E-state index in [1.54, 1.807) is 24.2 Å². The highest BCUT2D eigenvalue weighted by molar-refractivity contribution is 5.87. The molecule has 0 spiro atoms. The van der Waals surface area contributed by atoms with Crippen LogP contribution in [0.3, 0.4) is 0 Å². The third kappa shape index (κ3) is 5.08. The summed E-state index contributed by atoms with van der Waals surface area (Å²) in [6.07, 6.45) is 4.04. The molecule has 1 saturated heterocycles. The van der Waals surface area contributed by atoms with Gasteiger partial charge < -0.3 is 25.2 Å². The fourth-order valence-corrected chi connectivity index (χ4v) is 4.10. The largest absolute Gasteiger partial charge is 0.457 e. The number of anilines is 4. The van der Waals surface area contributed by atoms with Crippen molar-refractivity contribution in [1.29, 1.82) is 5.53 Å². The smallest absolute Gasteiger partial charge is 0.226 e. The van der Waals surface area contributed by atoms with E-state index in [-0.39, 0.29) is 0 Å². The second-order valence-corrected chi connectivity index (χ2v) is 8.50. The third-order valence-corrected chi connectivity index (χ3v) is 6.14. The molecule has 3 heterocycles. The van der Waals surface area contributed by atoms with Gasteiger partial charge in [0.05, 0.1) is 11.9 Å². The molecule has 1 fully saturated rings. The molecule has 3 N–H and O–H groups in total. The van der Waals surface area contributed by atoms with Gasteiger partial charge in [-0.15, -0.1) is 0 Å². The van der Waals surface area contributed by atoms with Crippen molar-refractivity contribution in [1.82, 2.24) is 24.8 Å². The van der Waals surface area contributed by atoms with Crippen LogP contribution in [0.2, 0.25) is 0 Å². The maximum atomic E-state index is 11.0. The molecule has 2 aromatic carbocycles. The average molecular weight is 499 g/mol. The van der Waals surface area contributed by atoms with Gasteiger partial charge >= 0.3 is 0 Å². The van der Waals surface area contributed by atoms with Crippen LogP contribution in [-0.2, 0) is 4.79 Å². The van der Waals surface area contributed by atoms with E-state index in [1.807, 2.05) is 37.3 Å². The molecular formula is C25H26N10O2. The first kappa shape index (κ1) is 23.9. The molecule has 12 nitrogen and oxygen atoms in total. The molecular weight excluding hydrogens is 472 g/mol. The molecule has 0 radical (unpaired) electrons. The number of hydrogen-bond acceptors (Lipinski definition) is 11. The van der Waals surface area contributed by atoms with Crippen LogP contribution in [0.1, 0.15) is 5.56 Å². The molecule has 12 heteroatoms. The van der Waals surface area contributed by atoms with Gasteiger partial charge in [-0.05, 0) is 42.8 Å². The summed E-state index contributed by atoms with van der Waals surface area (Å²) in [5.74, 6) is 2.43. The van der Waals surface area contributed by atoms with Gasteiger partial charge in [0.1, 0.15) is 34.5 Å². The van der Waals surface area contributed by atoms with E-state index in [2.05, 4.69) is 35.6 Å². The maximum absolute atomic E-state index is 11.0. The number of rotatable bonds is 8. The van der Waals surface area contributed by atoms with Gasteiger partial charge in [-0.3, -0.25) is 4.79 Å². The molecule has 0 atom stereocenters.